The minimum absolute atomic E-state index is 0.0101. The Morgan fingerprint density at radius 2 is 2.06 bits per heavy atom. The smallest absolute Gasteiger partial charge is 0.270 e. The van der Waals surface area contributed by atoms with Crippen LogP contribution in [0.3, 0.4) is 0 Å². The van der Waals surface area contributed by atoms with E-state index in [1.54, 1.807) is 11.9 Å². The molecule has 1 aromatic rings. The predicted molar refractivity (Wildman–Crippen MR) is 64.3 cm³/mol. The third-order valence-corrected chi connectivity index (χ3v) is 2.66. The number of hydrogen-bond donors (Lipinski definition) is 1. The fraction of sp³-hybridized carbons (Fsp3) is 0.333. The summed E-state index contributed by atoms with van der Waals surface area (Å²) in [6.45, 7) is 2.75. The molecule has 2 rings (SSSR count). The lowest BCUT2D eigenvalue weighted by atomic mass is 10.1. The van der Waals surface area contributed by atoms with Crippen molar-refractivity contribution in [2.45, 2.75) is 6.92 Å². The summed E-state index contributed by atoms with van der Waals surface area (Å²) in [7, 11) is 1.80. The van der Waals surface area contributed by atoms with E-state index in [1.807, 2.05) is 37.3 Å². The zero-order valence-electron chi connectivity index (χ0n) is 9.47. The molecule has 4 nitrogen and oxygen atoms in total. The van der Waals surface area contributed by atoms with Gasteiger partial charge in [-0.2, -0.15) is 5.10 Å². The summed E-state index contributed by atoms with van der Waals surface area (Å²) in [5, 5.41) is 4.18. The number of amides is 1. The Labute approximate surface area is 95.0 Å². The van der Waals surface area contributed by atoms with Crippen LogP contribution in [0.2, 0.25) is 0 Å². The van der Waals surface area contributed by atoms with E-state index >= 15 is 0 Å². The van der Waals surface area contributed by atoms with Gasteiger partial charge in [0.25, 0.3) is 5.91 Å². The lowest BCUT2D eigenvalue weighted by Crippen LogP contribution is -2.23. The van der Waals surface area contributed by atoms with Gasteiger partial charge in [-0.15, -0.1) is 0 Å². The van der Waals surface area contributed by atoms with Crippen LogP contribution in [0.1, 0.15) is 6.92 Å². The summed E-state index contributed by atoms with van der Waals surface area (Å²) < 4.78 is 0. The molecule has 1 aliphatic rings. The van der Waals surface area contributed by atoms with Crippen molar-refractivity contribution in [1.82, 2.24) is 4.90 Å². The second-order valence-corrected chi connectivity index (χ2v) is 4.06. The molecule has 1 heterocycles. The highest BCUT2D eigenvalue weighted by Gasteiger charge is 2.31. The Balaban J connectivity index is 2.11. The van der Waals surface area contributed by atoms with Crippen LogP contribution < -0.4 is 5.43 Å². The number of anilines is 1. The Morgan fingerprint density at radius 1 is 1.38 bits per heavy atom. The van der Waals surface area contributed by atoms with Crippen LogP contribution in [-0.2, 0) is 4.79 Å². The fourth-order valence-electron chi connectivity index (χ4n) is 1.78. The molecule has 16 heavy (non-hydrogen) atoms. The van der Waals surface area contributed by atoms with E-state index in [-0.39, 0.29) is 11.8 Å². The van der Waals surface area contributed by atoms with Crippen molar-refractivity contribution in [3.8, 4) is 0 Å². The normalized spacial score (nSPS) is 22.9. The minimum atomic E-state index is 0.0101. The van der Waals surface area contributed by atoms with Crippen LogP contribution in [0.5, 0.6) is 0 Å². The van der Waals surface area contributed by atoms with Crippen LogP contribution in [-0.4, -0.2) is 30.1 Å². The molecule has 1 amide bonds. The third-order valence-electron chi connectivity index (χ3n) is 2.66. The van der Waals surface area contributed by atoms with Crippen molar-refractivity contribution in [1.29, 1.82) is 0 Å². The molecule has 0 unspecified atom stereocenters. The number of para-hydroxylation sites is 1. The molecule has 1 saturated heterocycles. The monoisotopic (exact) mass is 217 g/mol. The first-order valence-electron chi connectivity index (χ1n) is 5.32. The molecule has 1 aromatic carbocycles. The fourth-order valence-corrected chi connectivity index (χ4v) is 1.78. The second kappa shape index (κ2) is 4.35. The van der Waals surface area contributed by atoms with Gasteiger partial charge in [0.05, 0.1) is 5.69 Å². The van der Waals surface area contributed by atoms with Crippen molar-refractivity contribution in [3.63, 3.8) is 0 Å². The topological polar surface area (TPSA) is 44.7 Å². The van der Waals surface area contributed by atoms with Crippen LogP contribution in [0.15, 0.2) is 35.4 Å². The van der Waals surface area contributed by atoms with Crippen molar-refractivity contribution in [2.24, 2.45) is 11.0 Å². The van der Waals surface area contributed by atoms with Gasteiger partial charge >= 0.3 is 0 Å². The standard InChI is InChI=1S/C12H15N3O/c1-9-8-15(2)12(16)11(9)14-13-10-6-4-3-5-7-10/h3-7,9,13H,8H2,1-2H3/b14-11+/t9-/m0/s1. The molecule has 1 fully saturated rings. The number of carbonyl (C=O) groups excluding carboxylic acids is 1. The summed E-state index contributed by atoms with van der Waals surface area (Å²) in [6.07, 6.45) is 0. The molecular formula is C12H15N3O. The molecule has 0 aromatic heterocycles. The number of hydrazone groups is 1. The van der Waals surface area contributed by atoms with E-state index < -0.39 is 0 Å². The van der Waals surface area contributed by atoms with Crippen molar-refractivity contribution in [3.05, 3.63) is 30.3 Å². The summed E-state index contributed by atoms with van der Waals surface area (Å²) in [5.74, 6) is 0.199. The van der Waals surface area contributed by atoms with Gasteiger partial charge in [0.15, 0.2) is 0 Å². The maximum Gasteiger partial charge on any atom is 0.270 e. The number of nitrogens with zero attached hydrogens (tertiary/aromatic N) is 2. The van der Waals surface area contributed by atoms with E-state index in [0.717, 1.165) is 12.2 Å². The SMILES string of the molecule is C[C@H]1CN(C)C(=O)/C1=N/Nc1ccccc1. The van der Waals surface area contributed by atoms with E-state index in [9.17, 15) is 4.79 Å². The average Bonchev–Trinajstić information content (AvgIpc) is 2.53. The van der Waals surface area contributed by atoms with Gasteiger partial charge in [0, 0.05) is 19.5 Å². The molecule has 1 atom stereocenters. The van der Waals surface area contributed by atoms with Gasteiger partial charge in [0.2, 0.25) is 0 Å². The number of benzene rings is 1. The molecule has 0 spiro atoms. The highest BCUT2D eigenvalue weighted by Crippen LogP contribution is 2.14. The molecule has 0 aliphatic carbocycles. The van der Waals surface area contributed by atoms with Gasteiger partial charge in [-0.05, 0) is 12.1 Å². The van der Waals surface area contributed by atoms with Crippen molar-refractivity contribution < 1.29 is 4.79 Å². The van der Waals surface area contributed by atoms with E-state index in [0.29, 0.717) is 5.71 Å². The van der Waals surface area contributed by atoms with Gasteiger partial charge < -0.3 is 4.90 Å². The number of nitrogens with one attached hydrogen (secondary N) is 1. The summed E-state index contributed by atoms with van der Waals surface area (Å²) >= 11 is 0. The van der Waals surface area contributed by atoms with Gasteiger partial charge in [-0.3, -0.25) is 10.2 Å². The number of likely N-dealkylation sites (tertiary alicyclic amines) is 1. The summed E-state index contributed by atoms with van der Waals surface area (Å²) in [4.78, 5) is 13.4. The van der Waals surface area contributed by atoms with Gasteiger partial charge in [-0.1, -0.05) is 25.1 Å². The molecule has 0 saturated carbocycles. The second-order valence-electron chi connectivity index (χ2n) is 4.06. The first-order chi connectivity index (χ1) is 7.68. The molecule has 0 radical (unpaired) electrons. The Hall–Kier alpha value is -1.84. The summed E-state index contributed by atoms with van der Waals surface area (Å²) in [5.41, 5.74) is 4.40. The molecule has 4 heteroatoms. The van der Waals surface area contributed by atoms with Crippen LogP contribution in [0.25, 0.3) is 0 Å². The minimum Gasteiger partial charge on any atom is -0.340 e. The molecule has 0 bridgehead atoms. The molecular weight excluding hydrogens is 202 g/mol. The Morgan fingerprint density at radius 3 is 2.62 bits per heavy atom. The van der Waals surface area contributed by atoms with Crippen LogP contribution in [0.4, 0.5) is 5.69 Å². The first-order valence-corrected chi connectivity index (χ1v) is 5.32. The lowest BCUT2D eigenvalue weighted by molar-refractivity contribution is -0.121. The quantitative estimate of drug-likeness (QED) is 0.764. The maximum absolute atomic E-state index is 11.7. The number of rotatable bonds is 2. The zero-order chi connectivity index (χ0) is 11.5. The molecule has 1 aliphatic heterocycles. The Kier molecular flexibility index (Phi) is 2.90. The average molecular weight is 217 g/mol. The number of hydrogen-bond acceptors (Lipinski definition) is 3. The van der Waals surface area contributed by atoms with E-state index in [2.05, 4.69) is 10.5 Å². The highest BCUT2D eigenvalue weighted by atomic mass is 16.2. The van der Waals surface area contributed by atoms with Crippen molar-refractivity contribution >= 4 is 17.3 Å². The van der Waals surface area contributed by atoms with Crippen LogP contribution in [0, 0.1) is 5.92 Å². The zero-order valence-corrected chi connectivity index (χ0v) is 9.47. The van der Waals surface area contributed by atoms with E-state index in [1.165, 1.54) is 0 Å². The van der Waals surface area contributed by atoms with Crippen LogP contribution >= 0.6 is 0 Å². The van der Waals surface area contributed by atoms with E-state index in [4.69, 9.17) is 0 Å². The number of carbonyl (C=O) groups is 1. The lowest BCUT2D eigenvalue weighted by Gasteiger charge is -2.04. The maximum atomic E-state index is 11.7. The predicted octanol–water partition coefficient (Wildman–Crippen LogP) is 1.56. The molecule has 84 valence electrons. The highest BCUT2D eigenvalue weighted by molar-refractivity contribution is 6.41. The van der Waals surface area contributed by atoms with Gasteiger partial charge in [-0.25, -0.2) is 0 Å². The van der Waals surface area contributed by atoms with Crippen molar-refractivity contribution in [2.75, 3.05) is 19.0 Å². The molecule has 1 N–H and O–H groups in total. The first kappa shape index (κ1) is 10.7. The largest absolute Gasteiger partial charge is 0.340 e. The summed E-state index contributed by atoms with van der Waals surface area (Å²) in [6, 6.07) is 9.62. The van der Waals surface area contributed by atoms with Gasteiger partial charge in [0.1, 0.15) is 5.71 Å². The third kappa shape index (κ3) is 2.05. The Bertz CT molecular complexity index is 414.